The van der Waals surface area contributed by atoms with Crippen molar-refractivity contribution in [2.24, 2.45) is 0 Å². The normalized spacial score (nSPS) is 13.1. The summed E-state index contributed by atoms with van der Waals surface area (Å²) in [7, 11) is 3.18. The van der Waals surface area contributed by atoms with Gasteiger partial charge in [-0.05, 0) is 40.5 Å². The topological polar surface area (TPSA) is 30.5 Å². The molecule has 96 valence electrons. The Morgan fingerprint density at radius 1 is 1.35 bits per heavy atom. The number of hydrogen-bond acceptors (Lipinski definition) is 3. The average molecular weight is 306 g/mol. The Bertz CT molecular complexity index is 358. The van der Waals surface area contributed by atoms with E-state index in [2.05, 4.69) is 21.2 Å². The van der Waals surface area contributed by atoms with Gasteiger partial charge in [-0.15, -0.1) is 0 Å². The third-order valence-electron chi connectivity index (χ3n) is 2.56. The second-order valence-corrected chi connectivity index (χ2v) is 4.56. The molecule has 1 aromatic carbocycles. The summed E-state index contributed by atoms with van der Waals surface area (Å²) in [5, 5.41) is 3.25. The first-order chi connectivity index (χ1) is 8.08. The van der Waals surface area contributed by atoms with Crippen LogP contribution in [-0.2, 0) is 9.47 Å². The van der Waals surface area contributed by atoms with Crippen molar-refractivity contribution in [3.8, 4) is 0 Å². The fourth-order valence-corrected chi connectivity index (χ4v) is 1.83. The van der Waals surface area contributed by atoms with E-state index in [-0.39, 0.29) is 18.1 Å². The highest BCUT2D eigenvalue weighted by Crippen LogP contribution is 2.21. The molecule has 0 radical (unpaired) electrons. The van der Waals surface area contributed by atoms with Gasteiger partial charge in [0.2, 0.25) is 0 Å². The van der Waals surface area contributed by atoms with Crippen LogP contribution in [0.3, 0.4) is 0 Å². The number of hydrogen-bond donors (Lipinski definition) is 1. The molecule has 17 heavy (non-hydrogen) atoms. The molecule has 0 saturated carbocycles. The summed E-state index contributed by atoms with van der Waals surface area (Å²) in [6.07, 6.45) is -0.277. The SMILES string of the molecule is COC(CNC(C)c1ccc(F)c(Br)c1)OC. The Hall–Kier alpha value is -0.490. The predicted molar refractivity (Wildman–Crippen MR) is 68.3 cm³/mol. The van der Waals surface area contributed by atoms with Crippen LogP contribution in [-0.4, -0.2) is 27.1 Å². The third kappa shape index (κ3) is 4.35. The van der Waals surface area contributed by atoms with Crippen LogP contribution in [0.4, 0.5) is 4.39 Å². The molecule has 0 aromatic heterocycles. The second kappa shape index (κ2) is 7.06. The van der Waals surface area contributed by atoms with Crippen LogP contribution in [0, 0.1) is 5.82 Å². The van der Waals surface area contributed by atoms with E-state index in [0.717, 1.165) is 5.56 Å². The Morgan fingerprint density at radius 2 is 2.00 bits per heavy atom. The van der Waals surface area contributed by atoms with Gasteiger partial charge in [-0.2, -0.15) is 0 Å². The van der Waals surface area contributed by atoms with Crippen molar-refractivity contribution in [1.29, 1.82) is 0 Å². The lowest BCUT2D eigenvalue weighted by Gasteiger charge is -2.19. The van der Waals surface area contributed by atoms with E-state index in [1.165, 1.54) is 6.07 Å². The van der Waals surface area contributed by atoms with Crippen LogP contribution < -0.4 is 5.32 Å². The maximum absolute atomic E-state index is 13.1. The van der Waals surface area contributed by atoms with Crippen molar-refractivity contribution in [1.82, 2.24) is 5.32 Å². The minimum atomic E-state index is -0.277. The first-order valence-corrected chi connectivity index (χ1v) is 6.11. The molecule has 0 saturated heterocycles. The number of ether oxygens (including phenoxy) is 2. The highest BCUT2D eigenvalue weighted by atomic mass is 79.9. The van der Waals surface area contributed by atoms with Gasteiger partial charge in [0.25, 0.3) is 0 Å². The van der Waals surface area contributed by atoms with E-state index >= 15 is 0 Å². The van der Waals surface area contributed by atoms with Crippen LogP contribution in [0.2, 0.25) is 0 Å². The van der Waals surface area contributed by atoms with Gasteiger partial charge in [-0.3, -0.25) is 0 Å². The minimum absolute atomic E-state index is 0.0969. The lowest BCUT2D eigenvalue weighted by atomic mass is 10.1. The van der Waals surface area contributed by atoms with Crippen molar-refractivity contribution in [2.75, 3.05) is 20.8 Å². The third-order valence-corrected chi connectivity index (χ3v) is 3.17. The molecule has 1 N–H and O–H groups in total. The van der Waals surface area contributed by atoms with Crippen molar-refractivity contribution in [3.05, 3.63) is 34.1 Å². The Labute approximate surface area is 109 Å². The van der Waals surface area contributed by atoms with Gasteiger partial charge < -0.3 is 14.8 Å². The molecular weight excluding hydrogens is 289 g/mol. The van der Waals surface area contributed by atoms with Crippen LogP contribution in [0.15, 0.2) is 22.7 Å². The van der Waals surface area contributed by atoms with Crippen LogP contribution in [0.1, 0.15) is 18.5 Å². The van der Waals surface area contributed by atoms with Gasteiger partial charge in [0, 0.05) is 26.8 Å². The molecule has 0 bridgehead atoms. The van der Waals surface area contributed by atoms with E-state index in [4.69, 9.17) is 9.47 Å². The zero-order chi connectivity index (χ0) is 12.8. The van der Waals surface area contributed by atoms with E-state index in [1.54, 1.807) is 26.4 Å². The van der Waals surface area contributed by atoms with Gasteiger partial charge in [0.15, 0.2) is 6.29 Å². The summed E-state index contributed by atoms with van der Waals surface area (Å²) < 4.78 is 23.7. The van der Waals surface area contributed by atoms with Crippen LogP contribution in [0.25, 0.3) is 0 Å². The van der Waals surface area contributed by atoms with Gasteiger partial charge in [-0.1, -0.05) is 6.07 Å². The predicted octanol–water partition coefficient (Wildman–Crippen LogP) is 2.86. The molecule has 0 spiro atoms. The Kier molecular flexibility index (Phi) is 6.05. The largest absolute Gasteiger partial charge is 0.355 e. The molecule has 0 aliphatic heterocycles. The fraction of sp³-hybridized carbons (Fsp3) is 0.500. The highest BCUT2D eigenvalue weighted by Gasteiger charge is 2.10. The summed E-state index contributed by atoms with van der Waals surface area (Å²) in [5.74, 6) is -0.257. The molecule has 1 atom stereocenters. The summed E-state index contributed by atoms with van der Waals surface area (Å²) in [6, 6.07) is 5.06. The first kappa shape index (κ1) is 14.6. The summed E-state index contributed by atoms with van der Waals surface area (Å²) in [5.41, 5.74) is 1.00. The first-order valence-electron chi connectivity index (χ1n) is 5.32. The minimum Gasteiger partial charge on any atom is -0.355 e. The van der Waals surface area contributed by atoms with Crippen molar-refractivity contribution in [3.63, 3.8) is 0 Å². The molecule has 3 nitrogen and oxygen atoms in total. The summed E-state index contributed by atoms with van der Waals surface area (Å²) >= 11 is 3.17. The smallest absolute Gasteiger partial charge is 0.169 e. The number of rotatable bonds is 6. The second-order valence-electron chi connectivity index (χ2n) is 3.70. The van der Waals surface area contributed by atoms with Crippen molar-refractivity contribution < 1.29 is 13.9 Å². The van der Waals surface area contributed by atoms with Crippen LogP contribution >= 0.6 is 15.9 Å². The Morgan fingerprint density at radius 3 is 2.53 bits per heavy atom. The molecule has 0 amide bonds. The van der Waals surface area contributed by atoms with Crippen molar-refractivity contribution >= 4 is 15.9 Å². The summed E-state index contributed by atoms with van der Waals surface area (Å²) in [4.78, 5) is 0. The number of benzene rings is 1. The molecule has 0 heterocycles. The number of methoxy groups -OCH3 is 2. The Balaban J connectivity index is 2.57. The van der Waals surface area contributed by atoms with E-state index in [1.807, 2.05) is 6.92 Å². The van der Waals surface area contributed by atoms with Gasteiger partial charge in [0.1, 0.15) is 5.82 Å². The van der Waals surface area contributed by atoms with E-state index in [0.29, 0.717) is 11.0 Å². The monoisotopic (exact) mass is 305 g/mol. The zero-order valence-electron chi connectivity index (χ0n) is 10.2. The average Bonchev–Trinajstić information content (AvgIpc) is 2.33. The van der Waals surface area contributed by atoms with Gasteiger partial charge in [-0.25, -0.2) is 4.39 Å². The molecule has 0 fully saturated rings. The maximum atomic E-state index is 13.1. The molecular formula is C12H17BrFNO2. The molecule has 5 heteroatoms. The molecule has 1 aromatic rings. The van der Waals surface area contributed by atoms with Gasteiger partial charge >= 0.3 is 0 Å². The van der Waals surface area contributed by atoms with Gasteiger partial charge in [0.05, 0.1) is 4.47 Å². The zero-order valence-corrected chi connectivity index (χ0v) is 11.8. The fourth-order valence-electron chi connectivity index (χ4n) is 1.44. The molecule has 0 aliphatic rings. The van der Waals surface area contributed by atoms with Crippen LogP contribution in [0.5, 0.6) is 0 Å². The molecule has 1 rings (SSSR count). The quantitative estimate of drug-likeness (QED) is 0.820. The molecule has 1 unspecified atom stereocenters. The number of nitrogens with one attached hydrogen (secondary N) is 1. The van der Waals surface area contributed by atoms with Crippen molar-refractivity contribution in [2.45, 2.75) is 19.3 Å². The standard InChI is InChI=1S/C12H17BrFNO2/c1-8(15-7-12(16-2)17-3)9-4-5-11(14)10(13)6-9/h4-6,8,12,15H,7H2,1-3H3. The maximum Gasteiger partial charge on any atom is 0.169 e. The lowest BCUT2D eigenvalue weighted by molar-refractivity contribution is -0.0997. The molecule has 0 aliphatic carbocycles. The summed E-state index contributed by atoms with van der Waals surface area (Å²) in [6.45, 7) is 2.57. The van der Waals surface area contributed by atoms with E-state index in [9.17, 15) is 4.39 Å². The number of halogens is 2. The highest BCUT2D eigenvalue weighted by molar-refractivity contribution is 9.10. The van der Waals surface area contributed by atoms with E-state index < -0.39 is 0 Å². The lowest BCUT2D eigenvalue weighted by Crippen LogP contribution is -2.31.